The molecule has 0 saturated heterocycles. The van der Waals surface area contributed by atoms with Crippen molar-refractivity contribution < 1.29 is 9.18 Å². The predicted molar refractivity (Wildman–Crippen MR) is 114 cm³/mol. The summed E-state index contributed by atoms with van der Waals surface area (Å²) in [5, 5.41) is 5.80. The van der Waals surface area contributed by atoms with E-state index in [0.717, 1.165) is 22.0 Å². The van der Waals surface area contributed by atoms with E-state index in [0.29, 0.717) is 17.1 Å². The highest BCUT2D eigenvalue weighted by Gasteiger charge is 2.09. The Morgan fingerprint density at radius 2 is 1.76 bits per heavy atom. The molecule has 0 fully saturated rings. The Hall–Kier alpha value is -3.44. The smallest absolute Gasteiger partial charge is 0.271 e. The van der Waals surface area contributed by atoms with Crippen LogP contribution < -0.4 is 5.43 Å². The summed E-state index contributed by atoms with van der Waals surface area (Å²) in [6, 6.07) is 21.0. The van der Waals surface area contributed by atoms with Gasteiger partial charge in [0.2, 0.25) is 0 Å². The third-order valence-corrected chi connectivity index (χ3v) is 4.96. The lowest BCUT2D eigenvalue weighted by Crippen LogP contribution is -2.17. The van der Waals surface area contributed by atoms with Gasteiger partial charge in [0, 0.05) is 39.8 Å². The first-order chi connectivity index (χ1) is 14.1. The summed E-state index contributed by atoms with van der Waals surface area (Å²) in [5.74, 6) is -0.794. The Labute approximate surface area is 172 Å². The summed E-state index contributed by atoms with van der Waals surface area (Å²) in [6.07, 6.45) is 3.58. The van der Waals surface area contributed by atoms with Crippen LogP contribution in [0.5, 0.6) is 0 Å². The third kappa shape index (κ3) is 4.20. The molecule has 0 aliphatic rings. The fraction of sp³-hybridized carbons (Fsp3) is 0.0435. The molecule has 0 unspecified atom stereocenters. The van der Waals surface area contributed by atoms with Crippen LogP contribution in [0.4, 0.5) is 4.39 Å². The monoisotopic (exact) mass is 405 g/mol. The van der Waals surface area contributed by atoms with Crippen LogP contribution in [0.2, 0.25) is 5.02 Å². The molecule has 1 aromatic heterocycles. The number of hydrogen-bond donors (Lipinski definition) is 1. The van der Waals surface area contributed by atoms with Gasteiger partial charge in [0.15, 0.2) is 0 Å². The topological polar surface area (TPSA) is 46.4 Å². The number of aromatic nitrogens is 1. The standard InChI is InChI=1S/C23H17ClFN3O/c24-21-7-3-1-5-17(21)14-28-15-18(20-6-2-4-8-22(20)28)13-26-27-23(29)16-9-11-19(25)12-10-16/h1-13,15H,14H2,(H,27,29)/b26-13-. The Balaban J connectivity index is 1.57. The van der Waals surface area contributed by atoms with Crippen LogP contribution in [0.1, 0.15) is 21.5 Å². The highest BCUT2D eigenvalue weighted by atomic mass is 35.5. The quantitative estimate of drug-likeness (QED) is 0.358. The Bertz CT molecular complexity index is 1200. The average molecular weight is 406 g/mol. The highest BCUT2D eigenvalue weighted by Crippen LogP contribution is 2.23. The molecule has 3 aromatic carbocycles. The van der Waals surface area contributed by atoms with E-state index in [1.165, 1.54) is 24.3 Å². The van der Waals surface area contributed by atoms with Gasteiger partial charge in [-0.1, -0.05) is 48.0 Å². The number of hydrazone groups is 1. The van der Waals surface area contributed by atoms with Crippen molar-refractivity contribution in [3.63, 3.8) is 0 Å². The fourth-order valence-electron chi connectivity index (χ4n) is 3.15. The molecule has 0 bridgehead atoms. The average Bonchev–Trinajstić information content (AvgIpc) is 3.08. The number of nitrogens with one attached hydrogen (secondary N) is 1. The first-order valence-corrected chi connectivity index (χ1v) is 9.40. The van der Waals surface area contributed by atoms with Gasteiger partial charge in [-0.25, -0.2) is 9.82 Å². The van der Waals surface area contributed by atoms with Gasteiger partial charge in [0.05, 0.1) is 6.21 Å². The second-order valence-corrected chi connectivity index (χ2v) is 6.93. The van der Waals surface area contributed by atoms with Gasteiger partial charge in [0.25, 0.3) is 5.91 Å². The summed E-state index contributed by atoms with van der Waals surface area (Å²) in [6.45, 7) is 0.621. The number of rotatable bonds is 5. The van der Waals surface area contributed by atoms with Crippen LogP contribution in [0.3, 0.4) is 0 Å². The van der Waals surface area contributed by atoms with E-state index in [-0.39, 0.29) is 0 Å². The molecule has 1 heterocycles. The van der Waals surface area contributed by atoms with E-state index >= 15 is 0 Å². The SMILES string of the molecule is O=C(N/N=C\c1cn(Cc2ccccc2Cl)c2ccccc12)c1ccc(F)cc1. The molecule has 0 saturated carbocycles. The van der Waals surface area contributed by atoms with Gasteiger partial charge in [-0.15, -0.1) is 0 Å². The van der Waals surface area contributed by atoms with Crippen molar-refractivity contribution in [2.75, 3.05) is 0 Å². The van der Waals surface area contributed by atoms with Gasteiger partial charge in [-0.05, 0) is 42.0 Å². The van der Waals surface area contributed by atoms with E-state index < -0.39 is 11.7 Å². The van der Waals surface area contributed by atoms with Crippen molar-refractivity contribution in [2.24, 2.45) is 5.10 Å². The second kappa shape index (κ2) is 8.29. The molecule has 0 aliphatic carbocycles. The Kier molecular flexibility index (Phi) is 5.40. The molecule has 1 N–H and O–H groups in total. The lowest BCUT2D eigenvalue weighted by Gasteiger charge is -2.07. The van der Waals surface area contributed by atoms with Crippen LogP contribution in [0.25, 0.3) is 10.9 Å². The number of para-hydroxylation sites is 1. The maximum Gasteiger partial charge on any atom is 0.271 e. The lowest BCUT2D eigenvalue weighted by atomic mass is 10.2. The number of nitrogens with zero attached hydrogens (tertiary/aromatic N) is 2. The second-order valence-electron chi connectivity index (χ2n) is 6.53. The Morgan fingerprint density at radius 3 is 2.55 bits per heavy atom. The molecule has 0 radical (unpaired) electrons. The van der Waals surface area contributed by atoms with Crippen molar-refractivity contribution in [3.8, 4) is 0 Å². The zero-order chi connectivity index (χ0) is 20.2. The molecule has 29 heavy (non-hydrogen) atoms. The maximum absolute atomic E-state index is 13.0. The summed E-state index contributed by atoms with van der Waals surface area (Å²) < 4.78 is 15.1. The van der Waals surface area contributed by atoms with Crippen molar-refractivity contribution in [1.82, 2.24) is 9.99 Å². The molecule has 0 aliphatic heterocycles. The van der Waals surface area contributed by atoms with E-state index in [4.69, 9.17) is 11.6 Å². The minimum Gasteiger partial charge on any atom is -0.342 e. The van der Waals surface area contributed by atoms with Gasteiger partial charge in [0.1, 0.15) is 5.82 Å². The van der Waals surface area contributed by atoms with Gasteiger partial charge in [-0.3, -0.25) is 4.79 Å². The normalized spacial score (nSPS) is 11.2. The van der Waals surface area contributed by atoms with Crippen molar-refractivity contribution in [1.29, 1.82) is 0 Å². The Morgan fingerprint density at radius 1 is 1.03 bits per heavy atom. The van der Waals surface area contributed by atoms with Gasteiger partial charge >= 0.3 is 0 Å². The molecule has 4 aromatic rings. The number of carbonyl (C=O) groups excluding carboxylic acids is 1. The largest absolute Gasteiger partial charge is 0.342 e. The number of benzene rings is 3. The van der Waals surface area contributed by atoms with Crippen molar-refractivity contribution >= 4 is 34.6 Å². The molecule has 6 heteroatoms. The molecule has 144 valence electrons. The molecule has 1 amide bonds. The van der Waals surface area contributed by atoms with E-state index in [9.17, 15) is 9.18 Å². The first kappa shape index (κ1) is 18.9. The number of amides is 1. The molecular formula is C23H17ClFN3O. The van der Waals surface area contributed by atoms with Crippen LogP contribution in [-0.4, -0.2) is 16.7 Å². The number of carbonyl (C=O) groups is 1. The highest BCUT2D eigenvalue weighted by molar-refractivity contribution is 6.31. The van der Waals surface area contributed by atoms with Crippen LogP contribution in [0, 0.1) is 5.82 Å². The lowest BCUT2D eigenvalue weighted by molar-refractivity contribution is 0.0955. The summed E-state index contributed by atoms with van der Waals surface area (Å²) in [5.41, 5.74) is 5.74. The van der Waals surface area contributed by atoms with Gasteiger partial charge < -0.3 is 4.57 Å². The minimum absolute atomic E-state index is 0.338. The minimum atomic E-state index is -0.402. The van der Waals surface area contributed by atoms with Crippen molar-refractivity contribution in [3.05, 3.63) is 107 Å². The van der Waals surface area contributed by atoms with E-state index in [1.54, 1.807) is 6.21 Å². The zero-order valence-electron chi connectivity index (χ0n) is 15.3. The van der Waals surface area contributed by atoms with E-state index in [1.807, 2.05) is 54.7 Å². The van der Waals surface area contributed by atoms with E-state index in [2.05, 4.69) is 15.1 Å². The summed E-state index contributed by atoms with van der Waals surface area (Å²) in [7, 11) is 0. The zero-order valence-corrected chi connectivity index (χ0v) is 16.1. The maximum atomic E-state index is 13.0. The molecule has 4 rings (SSSR count). The number of halogens is 2. The summed E-state index contributed by atoms with van der Waals surface area (Å²) >= 11 is 6.31. The van der Waals surface area contributed by atoms with Gasteiger partial charge in [-0.2, -0.15) is 5.10 Å². The molecule has 0 atom stereocenters. The number of fused-ring (bicyclic) bond motifs is 1. The number of hydrogen-bond acceptors (Lipinski definition) is 2. The summed E-state index contributed by atoms with van der Waals surface area (Å²) in [4.78, 5) is 12.1. The van der Waals surface area contributed by atoms with Crippen LogP contribution in [0.15, 0.2) is 84.1 Å². The molecule has 0 spiro atoms. The first-order valence-electron chi connectivity index (χ1n) is 9.02. The third-order valence-electron chi connectivity index (χ3n) is 4.59. The fourth-order valence-corrected chi connectivity index (χ4v) is 3.34. The predicted octanol–water partition coefficient (Wildman–Crippen LogP) is 5.25. The van der Waals surface area contributed by atoms with Crippen LogP contribution in [-0.2, 0) is 6.54 Å². The van der Waals surface area contributed by atoms with Crippen molar-refractivity contribution in [2.45, 2.75) is 6.54 Å². The molecule has 4 nitrogen and oxygen atoms in total. The van der Waals surface area contributed by atoms with Crippen LogP contribution >= 0.6 is 11.6 Å². The molecular weight excluding hydrogens is 389 g/mol.